The molecule has 18 heavy (non-hydrogen) atoms. The van der Waals surface area contributed by atoms with Crippen LogP contribution in [0.25, 0.3) is 0 Å². The molecule has 100 valence electrons. The van der Waals surface area contributed by atoms with Crippen LogP contribution in [0.5, 0.6) is 0 Å². The molecule has 0 radical (unpaired) electrons. The maximum atomic E-state index is 12.5. The normalized spacial score (nSPS) is 20.3. The quantitative estimate of drug-likeness (QED) is 0.897. The van der Waals surface area contributed by atoms with Crippen LogP contribution in [0.3, 0.4) is 0 Å². The van der Waals surface area contributed by atoms with Gasteiger partial charge in [0.25, 0.3) is 0 Å². The summed E-state index contributed by atoms with van der Waals surface area (Å²) >= 11 is 0. The van der Waals surface area contributed by atoms with E-state index >= 15 is 0 Å². The lowest BCUT2D eigenvalue weighted by molar-refractivity contribution is -0.137. The van der Waals surface area contributed by atoms with E-state index in [4.69, 9.17) is 4.74 Å². The Morgan fingerprint density at radius 3 is 2.83 bits per heavy atom. The Morgan fingerprint density at radius 1 is 1.33 bits per heavy atom. The van der Waals surface area contributed by atoms with Gasteiger partial charge in [0, 0.05) is 19.7 Å². The molecule has 1 aromatic carbocycles. The highest BCUT2D eigenvalue weighted by atomic mass is 19.4. The first kappa shape index (κ1) is 13.4. The summed E-state index contributed by atoms with van der Waals surface area (Å²) in [5.74, 6) is 0. The average Bonchev–Trinajstić information content (AvgIpc) is 2.81. The zero-order chi connectivity index (χ0) is 13.0. The largest absolute Gasteiger partial charge is 0.416 e. The summed E-state index contributed by atoms with van der Waals surface area (Å²) in [6, 6.07) is 5.40. The van der Waals surface area contributed by atoms with Crippen LogP contribution in [-0.4, -0.2) is 19.3 Å². The van der Waals surface area contributed by atoms with E-state index in [-0.39, 0.29) is 6.10 Å². The van der Waals surface area contributed by atoms with Gasteiger partial charge in [-0.25, -0.2) is 0 Å². The van der Waals surface area contributed by atoms with Gasteiger partial charge in [-0.2, -0.15) is 13.2 Å². The fraction of sp³-hybridized carbons (Fsp3) is 0.538. The molecule has 0 saturated carbocycles. The van der Waals surface area contributed by atoms with Gasteiger partial charge < -0.3 is 10.1 Å². The van der Waals surface area contributed by atoms with Gasteiger partial charge in [0.05, 0.1) is 11.7 Å². The van der Waals surface area contributed by atoms with Crippen LogP contribution in [0.15, 0.2) is 24.3 Å². The number of rotatable bonds is 4. The van der Waals surface area contributed by atoms with Crippen molar-refractivity contribution in [2.75, 3.05) is 13.2 Å². The van der Waals surface area contributed by atoms with E-state index in [1.807, 2.05) is 0 Å². The number of hydrogen-bond donors (Lipinski definition) is 1. The van der Waals surface area contributed by atoms with Gasteiger partial charge in [-0.3, -0.25) is 0 Å². The first-order chi connectivity index (χ1) is 8.55. The number of nitrogens with one attached hydrogen (secondary N) is 1. The SMILES string of the molecule is FC(F)(F)c1cccc(CNC[C@H]2CCCO2)c1. The standard InChI is InChI=1S/C13H16F3NO/c14-13(15,16)11-4-1-3-10(7-11)8-17-9-12-5-2-6-18-12/h1,3-4,7,12,17H,2,5-6,8-9H2/t12-/m1/s1. The van der Waals surface area contributed by atoms with Crippen molar-refractivity contribution in [1.29, 1.82) is 0 Å². The smallest absolute Gasteiger partial charge is 0.377 e. The van der Waals surface area contributed by atoms with Gasteiger partial charge in [-0.05, 0) is 24.5 Å². The van der Waals surface area contributed by atoms with Crippen molar-refractivity contribution in [3.63, 3.8) is 0 Å². The number of ether oxygens (including phenoxy) is 1. The zero-order valence-corrected chi connectivity index (χ0v) is 9.96. The van der Waals surface area contributed by atoms with Crippen molar-refractivity contribution in [2.45, 2.75) is 31.7 Å². The van der Waals surface area contributed by atoms with E-state index in [1.54, 1.807) is 6.07 Å². The van der Waals surface area contributed by atoms with Crippen LogP contribution in [0.4, 0.5) is 13.2 Å². The molecule has 5 heteroatoms. The summed E-state index contributed by atoms with van der Waals surface area (Å²) in [5, 5.41) is 3.13. The maximum absolute atomic E-state index is 12.5. The van der Waals surface area contributed by atoms with Crippen LogP contribution < -0.4 is 5.32 Å². The summed E-state index contributed by atoms with van der Waals surface area (Å²) < 4.78 is 42.9. The molecule has 2 rings (SSSR count). The third kappa shape index (κ3) is 3.71. The van der Waals surface area contributed by atoms with Crippen LogP contribution in [0.2, 0.25) is 0 Å². The highest BCUT2D eigenvalue weighted by Crippen LogP contribution is 2.29. The molecule has 2 nitrogen and oxygen atoms in total. The molecule has 1 atom stereocenters. The van der Waals surface area contributed by atoms with E-state index in [1.165, 1.54) is 12.1 Å². The minimum Gasteiger partial charge on any atom is -0.377 e. The molecule has 0 aromatic heterocycles. The van der Waals surface area contributed by atoms with Crippen molar-refractivity contribution < 1.29 is 17.9 Å². The van der Waals surface area contributed by atoms with E-state index in [0.717, 1.165) is 25.5 Å². The molecule has 1 N–H and O–H groups in total. The van der Waals surface area contributed by atoms with Crippen LogP contribution in [0.1, 0.15) is 24.0 Å². The topological polar surface area (TPSA) is 21.3 Å². The third-order valence-electron chi connectivity index (χ3n) is 2.98. The fourth-order valence-corrected chi connectivity index (χ4v) is 2.04. The van der Waals surface area contributed by atoms with Gasteiger partial charge >= 0.3 is 6.18 Å². The number of benzene rings is 1. The second kappa shape index (κ2) is 5.71. The minimum absolute atomic E-state index is 0.204. The fourth-order valence-electron chi connectivity index (χ4n) is 2.04. The second-order valence-electron chi connectivity index (χ2n) is 4.46. The van der Waals surface area contributed by atoms with Crippen molar-refractivity contribution in [2.24, 2.45) is 0 Å². The van der Waals surface area contributed by atoms with E-state index in [9.17, 15) is 13.2 Å². The van der Waals surface area contributed by atoms with Gasteiger partial charge in [-0.1, -0.05) is 18.2 Å². The van der Waals surface area contributed by atoms with Crippen LogP contribution in [-0.2, 0) is 17.5 Å². The Kier molecular flexibility index (Phi) is 4.24. The molecule has 0 spiro atoms. The zero-order valence-electron chi connectivity index (χ0n) is 9.96. The number of alkyl halides is 3. The lowest BCUT2D eigenvalue weighted by Gasteiger charge is -2.12. The number of hydrogen-bond acceptors (Lipinski definition) is 2. The molecule has 0 aliphatic carbocycles. The molecule has 0 unspecified atom stereocenters. The Morgan fingerprint density at radius 2 is 2.17 bits per heavy atom. The van der Waals surface area contributed by atoms with Crippen molar-refractivity contribution in [3.8, 4) is 0 Å². The molecule has 1 aromatic rings. The lowest BCUT2D eigenvalue weighted by atomic mass is 10.1. The Labute approximate surface area is 104 Å². The van der Waals surface area contributed by atoms with E-state index in [0.29, 0.717) is 18.7 Å². The molecule has 0 amide bonds. The summed E-state index contributed by atoms with van der Waals surface area (Å²) in [6.07, 6.45) is -1.98. The molecule has 1 aliphatic rings. The van der Waals surface area contributed by atoms with Gasteiger partial charge in [0.15, 0.2) is 0 Å². The van der Waals surface area contributed by atoms with Gasteiger partial charge in [0.2, 0.25) is 0 Å². The third-order valence-corrected chi connectivity index (χ3v) is 2.98. The molecular weight excluding hydrogens is 243 g/mol. The lowest BCUT2D eigenvalue weighted by Crippen LogP contribution is -2.25. The van der Waals surface area contributed by atoms with E-state index < -0.39 is 11.7 Å². The van der Waals surface area contributed by atoms with Crippen LogP contribution in [0, 0.1) is 0 Å². The highest BCUT2D eigenvalue weighted by Gasteiger charge is 2.30. The monoisotopic (exact) mass is 259 g/mol. The summed E-state index contributed by atoms with van der Waals surface area (Å²) in [5.41, 5.74) is 0.0433. The molecule has 1 fully saturated rings. The first-order valence-corrected chi connectivity index (χ1v) is 6.04. The van der Waals surface area contributed by atoms with Crippen molar-refractivity contribution >= 4 is 0 Å². The first-order valence-electron chi connectivity index (χ1n) is 6.04. The molecule has 1 saturated heterocycles. The summed E-state index contributed by atoms with van der Waals surface area (Å²) in [7, 11) is 0. The Balaban J connectivity index is 1.85. The summed E-state index contributed by atoms with van der Waals surface area (Å²) in [4.78, 5) is 0. The predicted octanol–water partition coefficient (Wildman–Crippen LogP) is 2.97. The van der Waals surface area contributed by atoms with Gasteiger partial charge in [0.1, 0.15) is 0 Å². The van der Waals surface area contributed by atoms with Crippen LogP contribution >= 0.6 is 0 Å². The predicted molar refractivity (Wildman–Crippen MR) is 62.1 cm³/mol. The Bertz CT molecular complexity index is 386. The molecule has 0 bridgehead atoms. The van der Waals surface area contributed by atoms with Crippen molar-refractivity contribution in [1.82, 2.24) is 5.32 Å². The minimum atomic E-state index is -4.27. The highest BCUT2D eigenvalue weighted by molar-refractivity contribution is 5.25. The molecule has 1 aliphatic heterocycles. The Hall–Kier alpha value is -1.07. The molecular formula is C13H16F3NO. The number of halogens is 3. The average molecular weight is 259 g/mol. The maximum Gasteiger partial charge on any atom is 0.416 e. The van der Waals surface area contributed by atoms with Crippen molar-refractivity contribution in [3.05, 3.63) is 35.4 Å². The summed E-state index contributed by atoms with van der Waals surface area (Å²) in [6.45, 7) is 1.91. The second-order valence-corrected chi connectivity index (χ2v) is 4.46. The molecule has 1 heterocycles. The van der Waals surface area contributed by atoms with E-state index in [2.05, 4.69) is 5.32 Å². The van der Waals surface area contributed by atoms with Gasteiger partial charge in [-0.15, -0.1) is 0 Å².